The molecule has 4 rings (SSSR count). The first kappa shape index (κ1) is 17.7. The molecule has 138 valence electrons. The largest absolute Gasteiger partial charge is 0.455 e. The van der Waals surface area contributed by atoms with Crippen LogP contribution in [0.3, 0.4) is 0 Å². The summed E-state index contributed by atoms with van der Waals surface area (Å²) in [6.45, 7) is 2.03. The SMILES string of the molecule is Cc1ccc(Oc2ccccc2NC(=O)CSc2nccn2C2CC2)cc1. The number of imidazole rings is 1. The second kappa shape index (κ2) is 7.88. The fourth-order valence-corrected chi connectivity index (χ4v) is 3.58. The fraction of sp³-hybridized carbons (Fsp3) is 0.238. The predicted molar refractivity (Wildman–Crippen MR) is 108 cm³/mol. The molecular formula is C21H21N3O2S. The normalized spacial score (nSPS) is 13.4. The van der Waals surface area contributed by atoms with E-state index in [1.54, 1.807) is 6.20 Å². The second-order valence-corrected chi connectivity index (χ2v) is 7.54. The van der Waals surface area contributed by atoms with Gasteiger partial charge in [-0.05, 0) is 44.0 Å². The van der Waals surface area contributed by atoms with Crippen LogP contribution in [0.2, 0.25) is 0 Å². The topological polar surface area (TPSA) is 56.1 Å². The van der Waals surface area contributed by atoms with Crippen LogP contribution in [0.4, 0.5) is 5.69 Å². The molecule has 1 aliphatic rings. The zero-order valence-electron chi connectivity index (χ0n) is 15.1. The number of nitrogens with one attached hydrogen (secondary N) is 1. The third-order valence-corrected chi connectivity index (χ3v) is 5.30. The van der Waals surface area contributed by atoms with Gasteiger partial charge in [0.05, 0.1) is 11.4 Å². The Hall–Kier alpha value is -2.73. The van der Waals surface area contributed by atoms with Crippen molar-refractivity contribution < 1.29 is 9.53 Å². The molecule has 27 heavy (non-hydrogen) atoms. The Balaban J connectivity index is 1.39. The number of carbonyl (C=O) groups excluding carboxylic acids is 1. The fourth-order valence-electron chi connectivity index (χ4n) is 2.75. The van der Waals surface area contributed by atoms with Gasteiger partial charge in [0, 0.05) is 18.4 Å². The van der Waals surface area contributed by atoms with Gasteiger partial charge >= 0.3 is 0 Å². The molecule has 1 N–H and O–H groups in total. The first-order valence-corrected chi connectivity index (χ1v) is 9.96. The number of benzene rings is 2. The van der Waals surface area contributed by atoms with E-state index in [-0.39, 0.29) is 5.91 Å². The van der Waals surface area contributed by atoms with Gasteiger partial charge in [-0.15, -0.1) is 0 Å². The van der Waals surface area contributed by atoms with E-state index in [2.05, 4.69) is 14.9 Å². The molecule has 0 atom stereocenters. The lowest BCUT2D eigenvalue weighted by Gasteiger charge is -2.12. The van der Waals surface area contributed by atoms with Crippen molar-refractivity contribution in [1.29, 1.82) is 0 Å². The molecule has 3 aromatic rings. The highest BCUT2D eigenvalue weighted by atomic mass is 32.2. The van der Waals surface area contributed by atoms with Gasteiger partial charge in [0.1, 0.15) is 5.75 Å². The Labute approximate surface area is 162 Å². The van der Waals surface area contributed by atoms with Crippen molar-refractivity contribution in [2.24, 2.45) is 0 Å². The number of amides is 1. The molecule has 5 nitrogen and oxygen atoms in total. The smallest absolute Gasteiger partial charge is 0.234 e. The number of hydrogen-bond acceptors (Lipinski definition) is 4. The van der Waals surface area contributed by atoms with Gasteiger partial charge in [-0.1, -0.05) is 41.6 Å². The molecule has 1 aromatic heterocycles. The van der Waals surface area contributed by atoms with Crippen molar-refractivity contribution >= 4 is 23.4 Å². The number of carbonyl (C=O) groups is 1. The van der Waals surface area contributed by atoms with Crippen LogP contribution in [-0.4, -0.2) is 21.2 Å². The van der Waals surface area contributed by atoms with Crippen LogP contribution in [0.25, 0.3) is 0 Å². The molecule has 1 aliphatic carbocycles. The van der Waals surface area contributed by atoms with Gasteiger partial charge in [0.2, 0.25) is 5.91 Å². The van der Waals surface area contributed by atoms with Gasteiger partial charge in [0.25, 0.3) is 0 Å². The maximum absolute atomic E-state index is 12.4. The summed E-state index contributed by atoms with van der Waals surface area (Å²) in [7, 11) is 0. The Morgan fingerprint density at radius 3 is 2.78 bits per heavy atom. The molecule has 0 aliphatic heterocycles. The first-order valence-electron chi connectivity index (χ1n) is 8.98. The maximum atomic E-state index is 12.4. The minimum atomic E-state index is -0.0784. The van der Waals surface area contributed by atoms with Crippen LogP contribution in [0.5, 0.6) is 11.5 Å². The van der Waals surface area contributed by atoms with E-state index in [1.165, 1.54) is 30.2 Å². The highest BCUT2D eigenvalue weighted by Gasteiger charge is 2.25. The van der Waals surface area contributed by atoms with Crippen LogP contribution in [0.15, 0.2) is 66.1 Å². The molecule has 2 aromatic carbocycles. The summed E-state index contributed by atoms with van der Waals surface area (Å²) >= 11 is 1.46. The van der Waals surface area contributed by atoms with Crippen molar-refractivity contribution in [2.75, 3.05) is 11.1 Å². The number of para-hydroxylation sites is 2. The van der Waals surface area contributed by atoms with Crippen LogP contribution < -0.4 is 10.1 Å². The predicted octanol–water partition coefficient (Wildman–Crippen LogP) is 5.05. The number of ether oxygens (including phenoxy) is 1. The molecule has 1 amide bonds. The number of aryl methyl sites for hydroxylation is 1. The molecule has 0 saturated heterocycles. The summed E-state index contributed by atoms with van der Waals surface area (Å²) in [4.78, 5) is 16.8. The molecule has 0 radical (unpaired) electrons. The van der Waals surface area contributed by atoms with Crippen molar-refractivity contribution in [3.63, 3.8) is 0 Å². The summed E-state index contributed by atoms with van der Waals surface area (Å²) in [5, 5.41) is 3.85. The summed E-state index contributed by atoms with van der Waals surface area (Å²) < 4.78 is 8.10. The highest BCUT2D eigenvalue weighted by Crippen LogP contribution is 2.37. The zero-order chi connectivity index (χ0) is 18.6. The van der Waals surface area contributed by atoms with Crippen molar-refractivity contribution in [1.82, 2.24) is 9.55 Å². The van der Waals surface area contributed by atoms with E-state index in [9.17, 15) is 4.79 Å². The first-order chi connectivity index (χ1) is 13.2. The quantitative estimate of drug-likeness (QED) is 0.584. The lowest BCUT2D eigenvalue weighted by atomic mass is 10.2. The minimum Gasteiger partial charge on any atom is -0.455 e. The minimum absolute atomic E-state index is 0.0784. The van der Waals surface area contributed by atoms with Gasteiger partial charge in [0.15, 0.2) is 10.9 Å². The molecule has 1 saturated carbocycles. The number of nitrogens with zero attached hydrogens (tertiary/aromatic N) is 2. The molecule has 1 heterocycles. The Kier molecular flexibility index (Phi) is 5.16. The van der Waals surface area contributed by atoms with Gasteiger partial charge in [-0.2, -0.15) is 0 Å². The van der Waals surface area contributed by atoms with E-state index >= 15 is 0 Å². The molecule has 0 bridgehead atoms. The monoisotopic (exact) mass is 379 g/mol. The average Bonchev–Trinajstić information content (AvgIpc) is 3.41. The van der Waals surface area contributed by atoms with E-state index in [0.717, 1.165) is 10.9 Å². The van der Waals surface area contributed by atoms with Crippen molar-refractivity contribution in [3.05, 3.63) is 66.5 Å². The van der Waals surface area contributed by atoms with Crippen LogP contribution in [0, 0.1) is 6.92 Å². The number of anilines is 1. The number of rotatable bonds is 7. The Morgan fingerprint density at radius 1 is 1.22 bits per heavy atom. The lowest BCUT2D eigenvalue weighted by molar-refractivity contribution is -0.113. The Morgan fingerprint density at radius 2 is 2.00 bits per heavy atom. The standard InChI is InChI=1S/C21H21N3O2S/c1-15-6-10-17(11-7-15)26-19-5-3-2-4-18(19)23-20(25)14-27-21-22-12-13-24(21)16-8-9-16/h2-7,10-13,16H,8-9,14H2,1H3,(H,23,25). The van der Waals surface area contributed by atoms with Gasteiger partial charge < -0.3 is 14.6 Å². The van der Waals surface area contributed by atoms with E-state index in [0.29, 0.717) is 23.2 Å². The summed E-state index contributed by atoms with van der Waals surface area (Å²) in [6.07, 6.45) is 6.17. The summed E-state index contributed by atoms with van der Waals surface area (Å²) in [5.41, 5.74) is 1.83. The van der Waals surface area contributed by atoms with Crippen LogP contribution in [0.1, 0.15) is 24.4 Å². The number of thioether (sulfide) groups is 1. The third kappa shape index (κ3) is 4.52. The van der Waals surface area contributed by atoms with Crippen LogP contribution in [-0.2, 0) is 4.79 Å². The maximum Gasteiger partial charge on any atom is 0.234 e. The summed E-state index contributed by atoms with van der Waals surface area (Å²) in [5.74, 6) is 1.59. The average molecular weight is 379 g/mol. The van der Waals surface area contributed by atoms with Gasteiger partial charge in [-0.25, -0.2) is 4.98 Å². The van der Waals surface area contributed by atoms with Gasteiger partial charge in [-0.3, -0.25) is 4.79 Å². The Bertz CT molecular complexity index is 933. The second-order valence-electron chi connectivity index (χ2n) is 6.60. The van der Waals surface area contributed by atoms with Crippen molar-refractivity contribution in [3.8, 4) is 11.5 Å². The summed E-state index contributed by atoms with van der Waals surface area (Å²) in [6, 6.07) is 15.8. The lowest BCUT2D eigenvalue weighted by Crippen LogP contribution is -2.15. The zero-order valence-corrected chi connectivity index (χ0v) is 15.9. The van der Waals surface area contributed by atoms with Crippen LogP contribution >= 0.6 is 11.8 Å². The molecule has 0 unspecified atom stereocenters. The number of hydrogen-bond donors (Lipinski definition) is 1. The number of aromatic nitrogens is 2. The van der Waals surface area contributed by atoms with E-state index in [1.807, 2.05) is 61.7 Å². The molecule has 0 spiro atoms. The third-order valence-electron chi connectivity index (χ3n) is 4.32. The molecule has 6 heteroatoms. The highest BCUT2D eigenvalue weighted by molar-refractivity contribution is 7.99. The molecule has 1 fully saturated rings. The van der Waals surface area contributed by atoms with Crippen molar-refractivity contribution in [2.45, 2.75) is 31.0 Å². The molecular weight excluding hydrogens is 358 g/mol. The van der Waals surface area contributed by atoms with E-state index < -0.39 is 0 Å². The van der Waals surface area contributed by atoms with E-state index in [4.69, 9.17) is 4.74 Å².